The Balaban J connectivity index is 1.88. The van der Waals surface area contributed by atoms with E-state index in [4.69, 9.17) is 9.47 Å². The minimum atomic E-state index is -0.796. The van der Waals surface area contributed by atoms with Crippen LogP contribution >= 0.6 is 0 Å². The molecule has 1 saturated carbocycles. The Morgan fingerprint density at radius 3 is 2.50 bits per heavy atom. The quantitative estimate of drug-likeness (QED) is 0.740. The number of carbonyl (C=O) groups is 2. The van der Waals surface area contributed by atoms with Crippen LogP contribution in [-0.4, -0.2) is 43.6 Å². The van der Waals surface area contributed by atoms with Gasteiger partial charge in [-0.05, 0) is 18.4 Å². The zero-order valence-electron chi connectivity index (χ0n) is 11.7. The van der Waals surface area contributed by atoms with Gasteiger partial charge in [0.2, 0.25) is 0 Å². The van der Waals surface area contributed by atoms with Gasteiger partial charge >= 0.3 is 5.97 Å². The van der Waals surface area contributed by atoms with Crippen molar-refractivity contribution in [1.29, 1.82) is 0 Å². The number of hydrogen-bond donors (Lipinski definition) is 0. The van der Waals surface area contributed by atoms with Crippen molar-refractivity contribution in [2.75, 3.05) is 20.8 Å². The van der Waals surface area contributed by atoms with Gasteiger partial charge in [-0.1, -0.05) is 30.3 Å². The van der Waals surface area contributed by atoms with E-state index in [1.165, 1.54) is 7.11 Å². The van der Waals surface area contributed by atoms with Gasteiger partial charge in [-0.2, -0.15) is 0 Å². The van der Waals surface area contributed by atoms with Crippen LogP contribution in [0.3, 0.4) is 0 Å². The molecule has 0 radical (unpaired) electrons. The van der Waals surface area contributed by atoms with Crippen LogP contribution in [0.1, 0.15) is 24.5 Å². The Morgan fingerprint density at radius 2 is 1.95 bits per heavy atom. The molecule has 1 fully saturated rings. The Labute approximate surface area is 118 Å². The lowest BCUT2D eigenvalue weighted by Crippen LogP contribution is -2.33. The molecule has 0 N–H and O–H groups in total. The average Bonchev–Trinajstić information content (AvgIpc) is 3.30. The Hall–Kier alpha value is -1.88. The minimum Gasteiger partial charge on any atom is -0.453 e. The molecular weight excluding hydrogens is 258 g/mol. The second kappa shape index (κ2) is 6.52. The number of methoxy groups -OCH3 is 1. The van der Waals surface area contributed by atoms with Crippen molar-refractivity contribution in [3.8, 4) is 0 Å². The second-order valence-corrected chi connectivity index (χ2v) is 4.87. The van der Waals surface area contributed by atoms with Gasteiger partial charge in [-0.25, -0.2) is 4.79 Å². The molecule has 0 spiro atoms. The molecular formula is C15H19NO4. The molecule has 1 aromatic rings. The summed E-state index contributed by atoms with van der Waals surface area (Å²) in [7, 11) is 3.18. The smallest absolute Gasteiger partial charge is 0.340 e. The van der Waals surface area contributed by atoms with Crippen LogP contribution in [-0.2, 0) is 19.1 Å². The fraction of sp³-hybridized carbons (Fsp3) is 0.467. The summed E-state index contributed by atoms with van der Waals surface area (Å²) in [6.07, 6.45) is 1.26. The highest BCUT2D eigenvalue weighted by atomic mass is 16.6. The molecule has 0 bridgehead atoms. The van der Waals surface area contributed by atoms with Gasteiger partial charge in [0.1, 0.15) is 0 Å². The fourth-order valence-electron chi connectivity index (χ4n) is 1.97. The van der Waals surface area contributed by atoms with Crippen LogP contribution in [0.5, 0.6) is 0 Å². The Bertz CT molecular complexity index is 470. The lowest BCUT2D eigenvalue weighted by Gasteiger charge is -2.18. The van der Waals surface area contributed by atoms with Gasteiger partial charge in [-0.3, -0.25) is 4.79 Å². The van der Waals surface area contributed by atoms with Gasteiger partial charge in [0.15, 0.2) is 12.7 Å². The molecule has 108 valence electrons. The molecule has 20 heavy (non-hydrogen) atoms. The highest BCUT2D eigenvalue weighted by molar-refractivity contribution is 5.82. The summed E-state index contributed by atoms with van der Waals surface area (Å²) in [5.41, 5.74) is 0.711. The van der Waals surface area contributed by atoms with E-state index >= 15 is 0 Å². The van der Waals surface area contributed by atoms with Gasteiger partial charge in [-0.15, -0.1) is 0 Å². The Kier molecular flexibility index (Phi) is 4.74. The third-order valence-corrected chi connectivity index (χ3v) is 3.38. The van der Waals surface area contributed by atoms with Gasteiger partial charge < -0.3 is 14.4 Å². The van der Waals surface area contributed by atoms with Crippen LogP contribution in [0, 0.1) is 0 Å². The summed E-state index contributed by atoms with van der Waals surface area (Å²) in [4.78, 5) is 25.4. The van der Waals surface area contributed by atoms with E-state index in [9.17, 15) is 9.59 Å². The van der Waals surface area contributed by atoms with Crippen molar-refractivity contribution in [3.63, 3.8) is 0 Å². The first kappa shape index (κ1) is 14.5. The number of carbonyl (C=O) groups excluding carboxylic acids is 2. The molecule has 0 aromatic heterocycles. The molecule has 0 aliphatic heterocycles. The van der Waals surface area contributed by atoms with E-state index in [1.54, 1.807) is 24.1 Å². The molecule has 0 heterocycles. The van der Waals surface area contributed by atoms with Gasteiger partial charge in [0.05, 0.1) is 0 Å². The first-order valence-corrected chi connectivity index (χ1v) is 6.63. The van der Waals surface area contributed by atoms with E-state index in [1.807, 2.05) is 18.2 Å². The Morgan fingerprint density at radius 1 is 1.30 bits per heavy atom. The first-order chi connectivity index (χ1) is 9.63. The average molecular weight is 277 g/mol. The van der Waals surface area contributed by atoms with Gasteiger partial charge in [0.25, 0.3) is 5.91 Å². The third kappa shape index (κ3) is 3.57. The number of rotatable bonds is 6. The maximum absolute atomic E-state index is 12.0. The summed E-state index contributed by atoms with van der Waals surface area (Å²) in [6, 6.07) is 9.38. The number of amides is 1. The van der Waals surface area contributed by atoms with E-state index in [0.29, 0.717) is 11.6 Å². The molecule has 2 rings (SSSR count). The fourth-order valence-corrected chi connectivity index (χ4v) is 1.97. The molecule has 1 aliphatic carbocycles. The molecule has 1 amide bonds. The van der Waals surface area contributed by atoms with E-state index in [-0.39, 0.29) is 12.5 Å². The van der Waals surface area contributed by atoms with E-state index in [0.717, 1.165) is 12.8 Å². The molecule has 5 heteroatoms. The number of hydrogen-bond acceptors (Lipinski definition) is 4. The predicted molar refractivity (Wildman–Crippen MR) is 72.9 cm³/mol. The van der Waals surface area contributed by atoms with Crippen LogP contribution in [0.4, 0.5) is 0 Å². The summed E-state index contributed by atoms with van der Waals surface area (Å²) in [5, 5.41) is 0. The first-order valence-electron chi connectivity index (χ1n) is 6.63. The standard InChI is InChI=1S/C15H19NO4/c1-16(12-8-9-12)13(17)10-20-15(18)14(19-2)11-6-4-3-5-7-11/h3-7,12,14H,8-10H2,1-2H3/t14-/m0/s1. The van der Waals surface area contributed by atoms with Crippen LogP contribution in [0.2, 0.25) is 0 Å². The van der Waals surface area contributed by atoms with Crippen LogP contribution in [0.25, 0.3) is 0 Å². The SMILES string of the molecule is CO[C@H](C(=O)OCC(=O)N(C)C1CC1)c1ccccc1. The zero-order chi connectivity index (χ0) is 14.5. The molecule has 0 saturated heterocycles. The maximum Gasteiger partial charge on any atom is 0.340 e. The van der Waals surface area contributed by atoms with Crippen molar-refractivity contribution in [1.82, 2.24) is 4.90 Å². The van der Waals surface area contributed by atoms with Crippen LogP contribution in [0.15, 0.2) is 30.3 Å². The number of benzene rings is 1. The summed E-state index contributed by atoms with van der Waals surface area (Å²) in [6.45, 7) is -0.238. The molecule has 1 atom stereocenters. The molecule has 5 nitrogen and oxygen atoms in total. The largest absolute Gasteiger partial charge is 0.453 e. The second-order valence-electron chi connectivity index (χ2n) is 4.87. The highest BCUT2D eigenvalue weighted by Crippen LogP contribution is 2.25. The van der Waals surface area contributed by atoms with Crippen molar-refractivity contribution in [2.24, 2.45) is 0 Å². The van der Waals surface area contributed by atoms with Crippen LogP contribution < -0.4 is 0 Å². The molecule has 0 unspecified atom stereocenters. The van der Waals surface area contributed by atoms with Crippen molar-refractivity contribution in [2.45, 2.75) is 25.0 Å². The zero-order valence-corrected chi connectivity index (χ0v) is 11.7. The minimum absolute atomic E-state index is 0.177. The van der Waals surface area contributed by atoms with Crippen molar-refractivity contribution >= 4 is 11.9 Å². The van der Waals surface area contributed by atoms with Gasteiger partial charge in [0, 0.05) is 20.2 Å². The topological polar surface area (TPSA) is 55.8 Å². The van der Waals surface area contributed by atoms with E-state index in [2.05, 4.69) is 0 Å². The predicted octanol–water partition coefficient (Wildman–Crippen LogP) is 1.54. The number of ether oxygens (including phenoxy) is 2. The summed E-state index contributed by atoms with van der Waals surface area (Å²) < 4.78 is 10.2. The number of esters is 1. The van der Waals surface area contributed by atoms with E-state index < -0.39 is 12.1 Å². The lowest BCUT2D eigenvalue weighted by molar-refractivity contribution is -0.161. The lowest BCUT2D eigenvalue weighted by atomic mass is 10.1. The summed E-state index contributed by atoms with van der Waals surface area (Å²) >= 11 is 0. The number of nitrogens with zero attached hydrogens (tertiary/aromatic N) is 1. The maximum atomic E-state index is 12.0. The molecule has 1 aromatic carbocycles. The van der Waals surface area contributed by atoms with Crippen molar-refractivity contribution < 1.29 is 19.1 Å². The monoisotopic (exact) mass is 277 g/mol. The number of likely N-dealkylation sites (N-methyl/N-ethyl adjacent to an activating group) is 1. The highest BCUT2D eigenvalue weighted by Gasteiger charge is 2.30. The summed E-state index contributed by atoms with van der Waals surface area (Å²) in [5.74, 6) is -0.722. The molecule has 1 aliphatic rings. The third-order valence-electron chi connectivity index (χ3n) is 3.38. The normalized spacial score (nSPS) is 15.5. The van der Waals surface area contributed by atoms with Crippen molar-refractivity contribution in [3.05, 3.63) is 35.9 Å².